The van der Waals surface area contributed by atoms with Gasteiger partial charge in [0, 0.05) is 21.9 Å². The van der Waals surface area contributed by atoms with Crippen LogP contribution in [0.3, 0.4) is 0 Å². The zero-order valence-corrected chi connectivity index (χ0v) is 14.9. The van der Waals surface area contributed by atoms with Crippen molar-refractivity contribution in [1.29, 1.82) is 0 Å². The Hall–Kier alpha value is -2.47. The standard InChI is InChI=1S/C18H16BrFN4/c1-11-8-15(6-7-16(11)19)24-18-10-17(21-12(2)22-18)23-14-5-3-4-13(20)9-14/h3-10H,1-2H3,(H2,21,22,23,24). The number of nitrogens with one attached hydrogen (secondary N) is 2. The molecule has 0 saturated heterocycles. The van der Waals surface area contributed by atoms with Crippen LogP contribution in [0.5, 0.6) is 0 Å². The second-order valence-corrected chi connectivity index (χ2v) is 6.26. The van der Waals surface area contributed by atoms with Gasteiger partial charge in [0.15, 0.2) is 0 Å². The molecular formula is C18H16BrFN4. The molecule has 2 N–H and O–H groups in total. The minimum atomic E-state index is -0.297. The normalized spacial score (nSPS) is 10.5. The van der Waals surface area contributed by atoms with Gasteiger partial charge in [-0.1, -0.05) is 22.0 Å². The summed E-state index contributed by atoms with van der Waals surface area (Å²) in [6.07, 6.45) is 0. The van der Waals surface area contributed by atoms with Crippen molar-refractivity contribution in [2.75, 3.05) is 10.6 Å². The van der Waals surface area contributed by atoms with E-state index >= 15 is 0 Å². The van der Waals surface area contributed by atoms with Gasteiger partial charge in [0.2, 0.25) is 0 Å². The fourth-order valence-corrected chi connectivity index (χ4v) is 2.53. The number of hydrogen-bond acceptors (Lipinski definition) is 4. The lowest BCUT2D eigenvalue weighted by Crippen LogP contribution is -2.01. The molecule has 0 spiro atoms. The fraction of sp³-hybridized carbons (Fsp3) is 0.111. The molecule has 0 amide bonds. The zero-order valence-electron chi connectivity index (χ0n) is 13.3. The molecule has 0 atom stereocenters. The minimum absolute atomic E-state index is 0.297. The van der Waals surface area contributed by atoms with Crippen molar-refractivity contribution in [3.05, 3.63) is 70.2 Å². The van der Waals surface area contributed by atoms with Crippen LogP contribution in [0.1, 0.15) is 11.4 Å². The molecule has 3 rings (SSSR count). The smallest absolute Gasteiger partial charge is 0.136 e. The van der Waals surface area contributed by atoms with Crippen LogP contribution in [0.25, 0.3) is 0 Å². The van der Waals surface area contributed by atoms with Crippen molar-refractivity contribution >= 4 is 38.9 Å². The number of nitrogens with zero attached hydrogens (tertiary/aromatic N) is 2. The molecule has 0 aliphatic rings. The van der Waals surface area contributed by atoms with Crippen LogP contribution in [0.2, 0.25) is 0 Å². The van der Waals surface area contributed by atoms with E-state index in [0.717, 1.165) is 15.7 Å². The summed E-state index contributed by atoms with van der Waals surface area (Å²) in [5.41, 5.74) is 2.70. The molecular weight excluding hydrogens is 371 g/mol. The fourth-order valence-electron chi connectivity index (χ4n) is 2.28. The molecule has 0 aliphatic heterocycles. The highest BCUT2D eigenvalue weighted by Crippen LogP contribution is 2.24. The Labute approximate surface area is 148 Å². The van der Waals surface area contributed by atoms with Crippen molar-refractivity contribution < 1.29 is 4.39 Å². The van der Waals surface area contributed by atoms with Crippen molar-refractivity contribution in [3.63, 3.8) is 0 Å². The molecule has 0 saturated carbocycles. The lowest BCUT2D eigenvalue weighted by atomic mass is 10.2. The molecule has 1 aromatic heterocycles. The number of aromatic nitrogens is 2. The first-order chi connectivity index (χ1) is 11.5. The predicted octanol–water partition coefficient (Wildman–Crippen LogP) is 5.48. The van der Waals surface area contributed by atoms with Gasteiger partial charge in [-0.25, -0.2) is 14.4 Å². The van der Waals surface area contributed by atoms with E-state index in [2.05, 4.69) is 36.5 Å². The van der Waals surface area contributed by atoms with Crippen LogP contribution >= 0.6 is 15.9 Å². The highest BCUT2D eigenvalue weighted by Gasteiger charge is 2.05. The Morgan fingerprint density at radius 3 is 2.17 bits per heavy atom. The maximum absolute atomic E-state index is 13.3. The first-order valence-corrected chi connectivity index (χ1v) is 8.20. The van der Waals surface area contributed by atoms with Gasteiger partial charge in [0.1, 0.15) is 23.3 Å². The molecule has 6 heteroatoms. The van der Waals surface area contributed by atoms with E-state index in [4.69, 9.17) is 0 Å². The molecule has 3 aromatic rings. The minimum Gasteiger partial charge on any atom is -0.340 e. The van der Waals surface area contributed by atoms with E-state index in [1.54, 1.807) is 18.2 Å². The number of anilines is 4. The Kier molecular flexibility index (Phi) is 4.76. The van der Waals surface area contributed by atoms with Crippen LogP contribution in [-0.2, 0) is 0 Å². The summed E-state index contributed by atoms with van der Waals surface area (Å²) in [5.74, 6) is 1.59. The van der Waals surface area contributed by atoms with E-state index in [1.165, 1.54) is 12.1 Å². The van der Waals surface area contributed by atoms with Crippen LogP contribution in [-0.4, -0.2) is 9.97 Å². The van der Waals surface area contributed by atoms with Gasteiger partial charge in [0.05, 0.1) is 0 Å². The SMILES string of the molecule is Cc1nc(Nc2cccc(F)c2)cc(Nc2ccc(Br)c(C)c2)n1. The largest absolute Gasteiger partial charge is 0.340 e. The van der Waals surface area contributed by atoms with Gasteiger partial charge < -0.3 is 10.6 Å². The third kappa shape index (κ3) is 4.08. The molecule has 1 heterocycles. The first-order valence-electron chi connectivity index (χ1n) is 7.41. The monoisotopic (exact) mass is 386 g/mol. The van der Waals surface area contributed by atoms with Crippen LogP contribution in [0.4, 0.5) is 27.4 Å². The molecule has 0 bridgehead atoms. The van der Waals surface area contributed by atoms with E-state index in [-0.39, 0.29) is 5.82 Å². The number of benzene rings is 2. The Bertz CT molecular complexity index is 883. The molecule has 2 aromatic carbocycles. The van der Waals surface area contributed by atoms with E-state index in [1.807, 2.05) is 32.0 Å². The summed E-state index contributed by atoms with van der Waals surface area (Å²) in [6.45, 7) is 3.84. The first kappa shape index (κ1) is 16.4. The van der Waals surface area contributed by atoms with E-state index < -0.39 is 0 Å². The van der Waals surface area contributed by atoms with Crippen LogP contribution in [0, 0.1) is 19.7 Å². The van der Waals surface area contributed by atoms with Crippen molar-refractivity contribution in [3.8, 4) is 0 Å². The summed E-state index contributed by atoms with van der Waals surface area (Å²) < 4.78 is 14.4. The van der Waals surface area contributed by atoms with Gasteiger partial charge >= 0.3 is 0 Å². The summed E-state index contributed by atoms with van der Waals surface area (Å²) in [6, 6.07) is 14.0. The molecule has 0 unspecified atom stereocenters. The van der Waals surface area contributed by atoms with Crippen LogP contribution in [0.15, 0.2) is 53.0 Å². The van der Waals surface area contributed by atoms with Gasteiger partial charge in [0.25, 0.3) is 0 Å². The maximum atomic E-state index is 13.3. The molecule has 122 valence electrons. The maximum Gasteiger partial charge on any atom is 0.136 e. The number of halogens is 2. The predicted molar refractivity (Wildman–Crippen MR) is 98.6 cm³/mol. The van der Waals surface area contributed by atoms with E-state index in [0.29, 0.717) is 23.1 Å². The van der Waals surface area contributed by atoms with Crippen molar-refractivity contribution in [2.24, 2.45) is 0 Å². The average molecular weight is 387 g/mol. The molecule has 0 radical (unpaired) electrons. The summed E-state index contributed by atoms with van der Waals surface area (Å²) in [4.78, 5) is 8.73. The topological polar surface area (TPSA) is 49.8 Å². The number of aryl methyl sites for hydroxylation is 2. The lowest BCUT2D eigenvalue weighted by molar-refractivity contribution is 0.628. The lowest BCUT2D eigenvalue weighted by Gasteiger charge is -2.11. The van der Waals surface area contributed by atoms with Gasteiger partial charge in [-0.3, -0.25) is 0 Å². The van der Waals surface area contributed by atoms with Crippen molar-refractivity contribution in [1.82, 2.24) is 9.97 Å². The third-order valence-corrected chi connectivity index (χ3v) is 4.26. The van der Waals surface area contributed by atoms with Crippen molar-refractivity contribution in [2.45, 2.75) is 13.8 Å². The zero-order chi connectivity index (χ0) is 17.1. The number of hydrogen-bond donors (Lipinski definition) is 2. The second kappa shape index (κ2) is 6.97. The Morgan fingerprint density at radius 1 is 0.875 bits per heavy atom. The third-order valence-electron chi connectivity index (χ3n) is 3.37. The van der Waals surface area contributed by atoms with Gasteiger partial charge in [-0.05, 0) is 55.8 Å². The molecule has 0 aliphatic carbocycles. The molecule has 0 fully saturated rings. The molecule has 4 nitrogen and oxygen atoms in total. The summed E-state index contributed by atoms with van der Waals surface area (Å²) in [5, 5.41) is 6.36. The Balaban J connectivity index is 1.84. The summed E-state index contributed by atoms with van der Waals surface area (Å²) >= 11 is 3.49. The van der Waals surface area contributed by atoms with Gasteiger partial charge in [-0.15, -0.1) is 0 Å². The summed E-state index contributed by atoms with van der Waals surface area (Å²) in [7, 11) is 0. The van der Waals surface area contributed by atoms with Crippen LogP contribution < -0.4 is 10.6 Å². The Morgan fingerprint density at radius 2 is 1.54 bits per heavy atom. The van der Waals surface area contributed by atoms with E-state index in [9.17, 15) is 4.39 Å². The molecule has 24 heavy (non-hydrogen) atoms. The number of rotatable bonds is 4. The van der Waals surface area contributed by atoms with Gasteiger partial charge in [-0.2, -0.15) is 0 Å². The highest BCUT2D eigenvalue weighted by molar-refractivity contribution is 9.10. The highest BCUT2D eigenvalue weighted by atomic mass is 79.9. The second-order valence-electron chi connectivity index (χ2n) is 5.41. The quantitative estimate of drug-likeness (QED) is 0.622. The average Bonchev–Trinajstić information content (AvgIpc) is 2.50.